The van der Waals surface area contributed by atoms with Gasteiger partial charge in [0.2, 0.25) is 5.95 Å². The van der Waals surface area contributed by atoms with Crippen LogP contribution in [0.15, 0.2) is 24.4 Å². The van der Waals surface area contributed by atoms with E-state index in [-0.39, 0.29) is 0 Å². The zero-order chi connectivity index (χ0) is 16.2. The maximum atomic E-state index is 5.62. The fraction of sp³-hybridized carbons (Fsp3) is 0.444. The lowest BCUT2D eigenvalue weighted by Crippen LogP contribution is -2.19. The number of hydrogen-bond acceptors (Lipinski definition) is 5. The van der Waals surface area contributed by atoms with Crippen LogP contribution >= 0.6 is 0 Å². The van der Waals surface area contributed by atoms with Gasteiger partial charge in [-0.1, -0.05) is 17.7 Å². The molecule has 0 saturated carbocycles. The standard InChI is InChI=1S/C18H24N4O/c1-12-9-13(2)17(14(3)10-12)22-18-19-7-6-16(21-18)20-11-15-5-4-8-23-15/h6-7,9-10,15H,4-5,8,11H2,1-3H3,(H2,19,20,21,22). The van der Waals surface area contributed by atoms with Crippen molar-refractivity contribution in [3.63, 3.8) is 0 Å². The molecule has 2 aromatic rings. The van der Waals surface area contributed by atoms with E-state index in [4.69, 9.17) is 4.74 Å². The van der Waals surface area contributed by atoms with Crippen LogP contribution in [0.25, 0.3) is 0 Å². The van der Waals surface area contributed by atoms with Crippen molar-refractivity contribution >= 4 is 17.5 Å². The van der Waals surface area contributed by atoms with Crippen LogP contribution in [-0.2, 0) is 4.74 Å². The highest BCUT2D eigenvalue weighted by molar-refractivity contribution is 5.64. The molecule has 1 aliphatic heterocycles. The van der Waals surface area contributed by atoms with Gasteiger partial charge in [-0.25, -0.2) is 4.98 Å². The maximum absolute atomic E-state index is 5.62. The Morgan fingerprint density at radius 1 is 1.22 bits per heavy atom. The minimum atomic E-state index is 0.294. The van der Waals surface area contributed by atoms with E-state index in [0.29, 0.717) is 12.1 Å². The van der Waals surface area contributed by atoms with Crippen molar-refractivity contribution in [3.05, 3.63) is 41.1 Å². The summed E-state index contributed by atoms with van der Waals surface area (Å²) in [5.74, 6) is 1.43. The third kappa shape index (κ3) is 3.99. The van der Waals surface area contributed by atoms with Crippen molar-refractivity contribution < 1.29 is 4.74 Å². The molecule has 0 radical (unpaired) electrons. The van der Waals surface area contributed by atoms with Crippen LogP contribution in [0.1, 0.15) is 29.5 Å². The monoisotopic (exact) mass is 312 g/mol. The highest BCUT2D eigenvalue weighted by atomic mass is 16.5. The zero-order valence-electron chi connectivity index (χ0n) is 14.0. The first kappa shape index (κ1) is 15.7. The van der Waals surface area contributed by atoms with E-state index < -0.39 is 0 Å². The molecular formula is C18H24N4O. The number of anilines is 3. The molecule has 1 fully saturated rings. The normalized spacial score (nSPS) is 17.3. The maximum Gasteiger partial charge on any atom is 0.229 e. The van der Waals surface area contributed by atoms with E-state index in [0.717, 1.165) is 37.5 Å². The van der Waals surface area contributed by atoms with Crippen LogP contribution in [0.3, 0.4) is 0 Å². The predicted molar refractivity (Wildman–Crippen MR) is 93.4 cm³/mol. The Bertz CT molecular complexity index is 657. The highest BCUT2D eigenvalue weighted by Crippen LogP contribution is 2.24. The van der Waals surface area contributed by atoms with Crippen LogP contribution in [0.4, 0.5) is 17.5 Å². The molecule has 1 aromatic carbocycles. The Labute approximate surface area is 137 Å². The van der Waals surface area contributed by atoms with Gasteiger partial charge in [-0.15, -0.1) is 0 Å². The Morgan fingerprint density at radius 2 is 2.00 bits per heavy atom. The molecule has 2 N–H and O–H groups in total. The number of aryl methyl sites for hydroxylation is 3. The van der Waals surface area contributed by atoms with Crippen LogP contribution in [0, 0.1) is 20.8 Å². The van der Waals surface area contributed by atoms with Crippen molar-refractivity contribution in [2.75, 3.05) is 23.8 Å². The number of benzene rings is 1. The molecule has 1 aromatic heterocycles. The SMILES string of the molecule is Cc1cc(C)c(Nc2nccc(NCC3CCCO3)n2)c(C)c1. The van der Waals surface area contributed by atoms with Gasteiger partial charge in [0.15, 0.2) is 0 Å². The first-order chi connectivity index (χ1) is 11.1. The lowest BCUT2D eigenvalue weighted by atomic mass is 10.1. The van der Waals surface area contributed by atoms with Gasteiger partial charge in [0.25, 0.3) is 0 Å². The second kappa shape index (κ2) is 6.96. The summed E-state index contributed by atoms with van der Waals surface area (Å²) in [6.07, 6.45) is 4.33. The first-order valence-corrected chi connectivity index (χ1v) is 8.15. The molecular weight excluding hydrogens is 288 g/mol. The Morgan fingerprint density at radius 3 is 2.70 bits per heavy atom. The van der Waals surface area contributed by atoms with Crippen LogP contribution in [0.5, 0.6) is 0 Å². The summed E-state index contributed by atoms with van der Waals surface area (Å²) in [6.45, 7) is 7.97. The summed E-state index contributed by atoms with van der Waals surface area (Å²) in [5, 5.41) is 6.68. The van der Waals surface area contributed by atoms with Crippen molar-refractivity contribution in [2.24, 2.45) is 0 Å². The molecule has 122 valence electrons. The topological polar surface area (TPSA) is 59.1 Å². The van der Waals surface area contributed by atoms with Crippen LogP contribution in [-0.4, -0.2) is 29.2 Å². The number of rotatable bonds is 5. The molecule has 0 bridgehead atoms. The molecule has 0 spiro atoms. The van der Waals surface area contributed by atoms with Crippen molar-refractivity contribution in [3.8, 4) is 0 Å². The summed E-state index contributed by atoms with van der Waals surface area (Å²) in [4.78, 5) is 8.87. The molecule has 23 heavy (non-hydrogen) atoms. The van der Waals surface area contributed by atoms with Crippen LogP contribution in [0.2, 0.25) is 0 Å². The van der Waals surface area contributed by atoms with Gasteiger partial charge in [-0.05, 0) is 50.8 Å². The molecule has 1 atom stereocenters. The number of hydrogen-bond donors (Lipinski definition) is 2. The first-order valence-electron chi connectivity index (χ1n) is 8.15. The number of nitrogens with one attached hydrogen (secondary N) is 2. The van der Waals surface area contributed by atoms with Gasteiger partial charge >= 0.3 is 0 Å². The molecule has 3 rings (SSSR count). The smallest absolute Gasteiger partial charge is 0.229 e. The molecule has 0 aliphatic carbocycles. The summed E-state index contributed by atoms with van der Waals surface area (Å²) in [7, 11) is 0. The zero-order valence-corrected chi connectivity index (χ0v) is 14.0. The molecule has 5 nitrogen and oxygen atoms in total. The summed E-state index contributed by atoms with van der Waals surface area (Å²) in [6, 6.07) is 6.21. The third-order valence-electron chi connectivity index (χ3n) is 4.10. The van der Waals surface area contributed by atoms with Gasteiger partial charge in [0.05, 0.1) is 6.10 Å². The Balaban J connectivity index is 1.70. The largest absolute Gasteiger partial charge is 0.376 e. The molecule has 0 amide bonds. The number of nitrogens with zero attached hydrogens (tertiary/aromatic N) is 2. The second-order valence-corrected chi connectivity index (χ2v) is 6.18. The van der Waals surface area contributed by atoms with Gasteiger partial charge in [0, 0.05) is 25.0 Å². The van der Waals surface area contributed by atoms with Crippen LogP contribution < -0.4 is 10.6 Å². The molecule has 1 aliphatic rings. The minimum Gasteiger partial charge on any atom is -0.376 e. The van der Waals surface area contributed by atoms with E-state index in [1.807, 2.05) is 6.07 Å². The Hall–Kier alpha value is -2.14. The van der Waals surface area contributed by atoms with E-state index in [9.17, 15) is 0 Å². The number of aromatic nitrogens is 2. The Kier molecular flexibility index (Phi) is 4.76. The van der Waals surface area contributed by atoms with Crippen molar-refractivity contribution in [1.82, 2.24) is 9.97 Å². The molecule has 1 saturated heterocycles. The van der Waals surface area contributed by atoms with Crippen molar-refractivity contribution in [1.29, 1.82) is 0 Å². The summed E-state index contributed by atoms with van der Waals surface area (Å²) in [5.41, 5.74) is 4.73. The summed E-state index contributed by atoms with van der Waals surface area (Å²) >= 11 is 0. The molecule has 1 unspecified atom stereocenters. The van der Waals surface area contributed by atoms with Gasteiger partial charge in [0.1, 0.15) is 5.82 Å². The average Bonchev–Trinajstić information content (AvgIpc) is 3.03. The second-order valence-electron chi connectivity index (χ2n) is 6.18. The molecule has 2 heterocycles. The van der Waals surface area contributed by atoms with Gasteiger partial charge in [-0.3, -0.25) is 0 Å². The lowest BCUT2D eigenvalue weighted by Gasteiger charge is -2.14. The highest BCUT2D eigenvalue weighted by Gasteiger charge is 2.15. The third-order valence-corrected chi connectivity index (χ3v) is 4.10. The average molecular weight is 312 g/mol. The molecule has 5 heteroatoms. The van der Waals surface area contributed by atoms with E-state index in [1.54, 1.807) is 6.20 Å². The van der Waals surface area contributed by atoms with Gasteiger partial charge < -0.3 is 15.4 Å². The quantitative estimate of drug-likeness (QED) is 0.881. The van der Waals surface area contributed by atoms with E-state index in [1.165, 1.54) is 16.7 Å². The lowest BCUT2D eigenvalue weighted by molar-refractivity contribution is 0.120. The fourth-order valence-corrected chi connectivity index (χ4v) is 3.03. The van der Waals surface area contributed by atoms with E-state index in [2.05, 4.69) is 53.5 Å². The van der Waals surface area contributed by atoms with Gasteiger partial charge in [-0.2, -0.15) is 4.98 Å². The fourth-order valence-electron chi connectivity index (χ4n) is 3.03. The predicted octanol–water partition coefficient (Wildman–Crippen LogP) is 3.74. The number of ether oxygens (including phenoxy) is 1. The van der Waals surface area contributed by atoms with E-state index >= 15 is 0 Å². The minimum absolute atomic E-state index is 0.294. The summed E-state index contributed by atoms with van der Waals surface area (Å²) < 4.78 is 5.62. The van der Waals surface area contributed by atoms with Crippen molar-refractivity contribution in [2.45, 2.75) is 39.7 Å².